The third-order valence-electron chi connectivity index (χ3n) is 5.24. The van der Waals surface area contributed by atoms with Crippen LogP contribution in [0.2, 0.25) is 0 Å². The van der Waals surface area contributed by atoms with Gasteiger partial charge in [0.05, 0.1) is 6.10 Å². The van der Waals surface area contributed by atoms with Crippen LogP contribution in [0.25, 0.3) is 0 Å². The number of hydrogen-bond donors (Lipinski definition) is 1. The van der Waals surface area contributed by atoms with Crippen LogP contribution in [0.5, 0.6) is 0 Å². The highest BCUT2D eigenvalue weighted by atomic mass is 16.3. The third-order valence-corrected chi connectivity index (χ3v) is 5.24. The second kappa shape index (κ2) is 6.27. The van der Waals surface area contributed by atoms with Gasteiger partial charge in [-0.25, -0.2) is 4.98 Å². The molecule has 4 heteroatoms. The van der Waals surface area contributed by atoms with Crippen molar-refractivity contribution < 1.29 is 5.11 Å². The highest BCUT2D eigenvalue weighted by molar-refractivity contribution is 4.92. The van der Waals surface area contributed by atoms with Crippen LogP contribution >= 0.6 is 0 Å². The van der Waals surface area contributed by atoms with Crippen molar-refractivity contribution in [1.82, 2.24) is 14.5 Å². The second-order valence-electron chi connectivity index (χ2n) is 6.43. The molecule has 1 saturated carbocycles. The van der Waals surface area contributed by atoms with Crippen LogP contribution in [0.3, 0.4) is 0 Å². The predicted molar refractivity (Wildman–Crippen MR) is 79.5 cm³/mol. The molecule has 2 heterocycles. The van der Waals surface area contributed by atoms with Crippen LogP contribution in [0.4, 0.5) is 0 Å². The number of likely N-dealkylation sites (tertiary alicyclic amines) is 1. The van der Waals surface area contributed by atoms with Gasteiger partial charge in [-0.1, -0.05) is 12.8 Å². The Morgan fingerprint density at radius 1 is 1.20 bits per heavy atom. The zero-order valence-electron chi connectivity index (χ0n) is 12.5. The predicted octanol–water partition coefficient (Wildman–Crippen LogP) is 2.21. The van der Waals surface area contributed by atoms with Crippen LogP contribution in [0.1, 0.15) is 44.3 Å². The van der Waals surface area contributed by atoms with E-state index in [1.807, 2.05) is 6.20 Å². The van der Waals surface area contributed by atoms with E-state index in [0.717, 1.165) is 25.3 Å². The van der Waals surface area contributed by atoms with E-state index < -0.39 is 0 Å². The van der Waals surface area contributed by atoms with Crippen molar-refractivity contribution in [1.29, 1.82) is 0 Å². The standard InChI is InChI=1S/C16H27N3O/c1-13-17-8-10-18(13)11-12-19-9-3-2-6-15(19)14-5-4-7-16(14)20/h8,10,14-16,20H,2-7,9,11-12H2,1H3. The molecule has 20 heavy (non-hydrogen) atoms. The first kappa shape index (κ1) is 14.1. The fourth-order valence-electron chi connectivity index (χ4n) is 4.07. The van der Waals surface area contributed by atoms with Gasteiger partial charge < -0.3 is 9.67 Å². The first-order valence-electron chi connectivity index (χ1n) is 8.15. The number of aryl methyl sites for hydroxylation is 1. The summed E-state index contributed by atoms with van der Waals surface area (Å²) in [7, 11) is 0. The Hall–Kier alpha value is -0.870. The number of piperidine rings is 1. The van der Waals surface area contributed by atoms with E-state index in [1.165, 1.54) is 38.6 Å². The maximum atomic E-state index is 10.2. The molecule has 112 valence electrons. The molecule has 0 radical (unpaired) electrons. The molecular weight excluding hydrogens is 250 g/mol. The number of aromatic nitrogens is 2. The first-order valence-corrected chi connectivity index (χ1v) is 8.15. The Kier molecular flexibility index (Phi) is 4.41. The first-order chi connectivity index (χ1) is 9.75. The van der Waals surface area contributed by atoms with Crippen LogP contribution in [0.15, 0.2) is 12.4 Å². The molecule has 1 aromatic heterocycles. The summed E-state index contributed by atoms with van der Waals surface area (Å²) in [6, 6.07) is 0.602. The Labute approximate surface area is 121 Å². The molecule has 0 amide bonds. The monoisotopic (exact) mass is 277 g/mol. The van der Waals surface area contributed by atoms with Gasteiger partial charge in [0.25, 0.3) is 0 Å². The zero-order chi connectivity index (χ0) is 13.9. The van der Waals surface area contributed by atoms with Gasteiger partial charge in [0.1, 0.15) is 5.82 Å². The molecular formula is C16H27N3O. The summed E-state index contributed by atoms with van der Waals surface area (Å²) in [5.41, 5.74) is 0. The van der Waals surface area contributed by atoms with Gasteiger partial charge in [-0.3, -0.25) is 4.90 Å². The average Bonchev–Trinajstić information content (AvgIpc) is 3.06. The van der Waals surface area contributed by atoms with E-state index in [4.69, 9.17) is 0 Å². The van der Waals surface area contributed by atoms with Crippen molar-refractivity contribution in [3.8, 4) is 0 Å². The lowest BCUT2D eigenvalue weighted by Crippen LogP contribution is -2.47. The van der Waals surface area contributed by atoms with Gasteiger partial charge in [-0.05, 0) is 39.2 Å². The highest BCUT2D eigenvalue weighted by Gasteiger charge is 2.36. The minimum absolute atomic E-state index is 0.0596. The molecule has 1 aromatic rings. The second-order valence-corrected chi connectivity index (χ2v) is 6.43. The summed E-state index contributed by atoms with van der Waals surface area (Å²) in [6.07, 6.45) is 11.2. The molecule has 4 nitrogen and oxygen atoms in total. The molecule has 3 unspecified atom stereocenters. The van der Waals surface area contributed by atoms with E-state index in [0.29, 0.717) is 12.0 Å². The Morgan fingerprint density at radius 2 is 2.10 bits per heavy atom. The Balaban J connectivity index is 1.62. The molecule has 2 aliphatic rings. The number of nitrogens with zero attached hydrogens (tertiary/aromatic N) is 3. The molecule has 0 bridgehead atoms. The Bertz CT molecular complexity index is 431. The quantitative estimate of drug-likeness (QED) is 0.917. The minimum atomic E-state index is -0.0596. The van der Waals surface area contributed by atoms with Crippen LogP contribution in [-0.4, -0.2) is 44.8 Å². The minimum Gasteiger partial charge on any atom is -0.393 e. The average molecular weight is 277 g/mol. The fraction of sp³-hybridized carbons (Fsp3) is 0.812. The smallest absolute Gasteiger partial charge is 0.105 e. The van der Waals surface area contributed by atoms with Crippen molar-refractivity contribution in [2.75, 3.05) is 13.1 Å². The number of aliphatic hydroxyl groups excluding tert-OH is 1. The van der Waals surface area contributed by atoms with Crippen molar-refractivity contribution in [3.05, 3.63) is 18.2 Å². The number of imidazole rings is 1. The Morgan fingerprint density at radius 3 is 2.80 bits per heavy atom. The summed E-state index contributed by atoms with van der Waals surface area (Å²) >= 11 is 0. The number of rotatable bonds is 4. The molecule has 1 aliphatic heterocycles. The number of hydrogen-bond acceptors (Lipinski definition) is 3. The van der Waals surface area contributed by atoms with Crippen LogP contribution < -0.4 is 0 Å². The van der Waals surface area contributed by atoms with E-state index in [1.54, 1.807) is 0 Å². The molecule has 1 N–H and O–H groups in total. The molecule has 3 atom stereocenters. The van der Waals surface area contributed by atoms with E-state index in [-0.39, 0.29) is 6.10 Å². The zero-order valence-corrected chi connectivity index (χ0v) is 12.5. The summed E-state index contributed by atoms with van der Waals surface area (Å²) in [5.74, 6) is 1.61. The van der Waals surface area contributed by atoms with Crippen molar-refractivity contribution >= 4 is 0 Å². The van der Waals surface area contributed by atoms with Crippen LogP contribution in [0, 0.1) is 12.8 Å². The maximum absolute atomic E-state index is 10.2. The SMILES string of the molecule is Cc1nccn1CCN1CCCCC1C1CCCC1O. The van der Waals surface area contributed by atoms with Gasteiger partial charge in [0.2, 0.25) is 0 Å². The summed E-state index contributed by atoms with van der Waals surface area (Å²) < 4.78 is 2.23. The van der Waals surface area contributed by atoms with Gasteiger partial charge in [-0.15, -0.1) is 0 Å². The van der Waals surface area contributed by atoms with Gasteiger partial charge in [0.15, 0.2) is 0 Å². The molecule has 0 spiro atoms. The number of aliphatic hydroxyl groups is 1. The molecule has 2 fully saturated rings. The lowest BCUT2D eigenvalue weighted by molar-refractivity contribution is 0.0338. The lowest BCUT2D eigenvalue weighted by atomic mass is 9.88. The van der Waals surface area contributed by atoms with Crippen molar-refractivity contribution in [2.45, 2.75) is 64.1 Å². The maximum Gasteiger partial charge on any atom is 0.105 e. The third kappa shape index (κ3) is 2.91. The van der Waals surface area contributed by atoms with Crippen LogP contribution in [-0.2, 0) is 6.54 Å². The summed E-state index contributed by atoms with van der Waals surface area (Å²) in [4.78, 5) is 6.92. The fourth-order valence-corrected chi connectivity index (χ4v) is 4.07. The highest BCUT2D eigenvalue weighted by Crippen LogP contribution is 2.35. The molecule has 1 aliphatic carbocycles. The van der Waals surface area contributed by atoms with Crippen molar-refractivity contribution in [2.24, 2.45) is 5.92 Å². The van der Waals surface area contributed by atoms with E-state index >= 15 is 0 Å². The summed E-state index contributed by atoms with van der Waals surface area (Å²) in [6.45, 7) is 5.37. The van der Waals surface area contributed by atoms with Crippen molar-refractivity contribution in [3.63, 3.8) is 0 Å². The van der Waals surface area contributed by atoms with Gasteiger partial charge in [-0.2, -0.15) is 0 Å². The molecule has 3 rings (SSSR count). The molecule has 1 saturated heterocycles. The molecule has 0 aromatic carbocycles. The topological polar surface area (TPSA) is 41.3 Å². The lowest BCUT2D eigenvalue weighted by Gasteiger charge is -2.40. The van der Waals surface area contributed by atoms with Gasteiger partial charge >= 0.3 is 0 Å². The van der Waals surface area contributed by atoms with Gasteiger partial charge in [0, 0.05) is 37.4 Å². The van der Waals surface area contributed by atoms with E-state index in [2.05, 4.69) is 27.6 Å². The summed E-state index contributed by atoms with van der Waals surface area (Å²) in [5, 5.41) is 10.2. The van der Waals surface area contributed by atoms with E-state index in [9.17, 15) is 5.11 Å². The normalized spacial score (nSPS) is 31.8. The largest absolute Gasteiger partial charge is 0.393 e.